The molecule has 2 aromatic rings. The molecule has 0 fully saturated rings. The van der Waals surface area contributed by atoms with Crippen LogP contribution in [0.25, 0.3) is 0 Å². The van der Waals surface area contributed by atoms with Gasteiger partial charge in [-0.2, -0.15) is 0 Å². The van der Waals surface area contributed by atoms with Crippen molar-refractivity contribution in [3.05, 3.63) is 41.8 Å². The number of benzene rings is 1. The van der Waals surface area contributed by atoms with Gasteiger partial charge in [0.15, 0.2) is 0 Å². The number of nitrogen functional groups attached to an aromatic ring is 1. The highest BCUT2D eigenvalue weighted by Crippen LogP contribution is 2.28. The van der Waals surface area contributed by atoms with Crippen molar-refractivity contribution in [2.24, 2.45) is 0 Å². The zero-order valence-electron chi connectivity index (χ0n) is 9.78. The van der Waals surface area contributed by atoms with Crippen molar-refractivity contribution in [1.29, 1.82) is 0 Å². The molecule has 5 heteroatoms. The van der Waals surface area contributed by atoms with E-state index in [1.807, 2.05) is 35.7 Å². The molecule has 1 aromatic carbocycles. The molecule has 1 aromatic heterocycles. The van der Waals surface area contributed by atoms with Crippen molar-refractivity contribution in [1.82, 2.24) is 0 Å². The first-order valence-corrected chi connectivity index (χ1v) is 8.42. The number of rotatable bonds is 6. The van der Waals surface area contributed by atoms with Crippen LogP contribution >= 0.6 is 34.9 Å². The van der Waals surface area contributed by atoms with Crippen LogP contribution in [0.5, 0.6) is 0 Å². The summed E-state index contributed by atoms with van der Waals surface area (Å²) in [6, 6.07) is 11.9. The normalized spacial score (nSPS) is 12.5. The van der Waals surface area contributed by atoms with Crippen LogP contribution < -0.4 is 5.73 Å². The Balaban J connectivity index is 1.75. The lowest BCUT2D eigenvalue weighted by Gasteiger charge is -2.10. The summed E-state index contributed by atoms with van der Waals surface area (Å²) in [5, 5.41) is 12.0. The molecule has 2 rings (SSSR count). The van der Waals surface area contributed by atoms with Gasteiger partial charge < -0.3 is 10.8 Å². The van der Waals surface area contributed by atoms with Crippen molar-refractivity contribution in [3.8, 4) is 0 Å². The molecule has 3 N–H and O–H groups in total. The molecule has 0 saturated carbocycles. The van der Waals surface area contributed by atoms with E-state index in [2.05, 4.69) is 6.07 Å². The minimum atomic E-state index is -0.318. The maximum atomic E-state index is 9.92. The summed E-state index contributed by atoms with van der Waals surface area (Å²) in [6.07, 6.45) is -0.318. The number of nitrogens with two attached hydrogens (primary N) is 1. The number of anilines is 1. The van der Waals surface area contributed by atoms with Gasteiger partial charge in [0.2, 0.25) is 0 Å². The van der Waals surface area contributed by atoms with Crippen LogP contribution in [0.2, 0.25) is 0 Å². The summed E-state index contributed by atoms with van der Waals surface area (Å²) in [6.45, 7) is 0. The Hall–Kier alpha value is -0.620. The maximum absolute atomic E-state index is 9.92. The predicted molar refractivity (Wildman–Crippen MR) is 82.6 cm³/mol. The van der Waals surface area contributed by atoms with Gasteiger partial charge in [0, 0.05) is 22.1 Å². The zero-order valence-corrected chi connectivity index (χ0v) is 12.2. The fraction of sp³-hybridized carbons (Fsp3) is 0.231. The van der Waals surface area contributed by atoms with E-state index < -0.39 is 0 Å². The van der Waals surface area contributed by atoms with E-state index in [4.69, 9.17) is 5.73 Å². The molecule has 96 valence electrons. The SMILES string of the molecule is Nc1ccccc1SCC(O)CSc1cccs1. The predicted octanol–water partition coefficient (Wildman–Crippen LogP) is 3.58. The third-order valence-corrected chi connectivity index (χ3v) is 5.77. The smallest absolute Gasteiger partial charge is 0.0728 e. The van der Waals surface area contributed by atoms with E-state index in [0.29, 0.717) is 5.75 Å². The Morgan fingerprint density at radius 2 is 1.89 bits per heavy atom. The van der Waals surface area contributed by atoms with E-state index in [-0.39, 0.29) is 6.10 Å². The van der Waals surface area contributed by atoms with Crippen molar-refractivity contribution in [3.63, 3.8) is 0 Å². The molecule has 0 saturated heterocycles. The van der Waals surface area contributed by atoms with Crippen molar-refractivity contribution < 1.29 is 5.11 Å². The molecule has 0 amide bonds. The molecular weight excluding hydrogens is 282 g/mol. The number of para-hydroxylation sites is 1. The molecule has 1 atom stereocenters. The number of hydrogen-bond acceptors (Lipinski definition) is 5. The average Bonchev–Trinajstić information content (AvgIpc) is 2.88. The molecular formula is C13H15NOS3. The van der Waals surface area contributed by atoms with Crippen molar-refractivity contribution in [2.75, 3.05) is 17.2 Å². The van der Waals surface area contributed by atoms with Crippen LogP contribution in [-0.4, -0.2) is 22.7 Å². The molecule has 2 nitrogen and oxygen atoms in total. The molecule has 0 bridgehead atoms. The molecule has 18 heavy (non-hydrogen) atoms. The highest BCUT2D eigenvalue weighted by atomic mass is 32.2. The second-order valence-corrected chi connectivity index (χ2v) is 7.08. The van der Waals surface area contributed by atoms with Crippen LogP contribution in [0.4, 0.5) is 5.69 Å². The Labute approximate surface area is 120 Å². The standard InChI is InChI=1S/C13H15NOS3/c14-11-4-1-2-5-12(11)17-8-10(15)9-18-13-6-3-7-16-13/h1-7,10,15H,8-9,14H2. The van der Waals surface area contributed by atoms with Gasteiger partial charge in [-0.15, -0.1) is 34.9 Å². The second kappa shape index (κ2) is 7.09. The minimum Gasteiger partial charge on any atom is -0.398 e. The summed E-state index contributed by atoms with van der Waals surface area (Å²) in [4.78, 5) is 1.04. The molecule has 0 radical (unpaired) electrons. The van der Waals surface area contributed by atoms with Gasteiger partial charge in [-0.3, -0.25) is 0 Å². The number of aliphatic hydroxyl groups excluding tert-OH is 1. The van der Waals surface area contributed by atoms with Gasteiger partial charge in [-0.05, 0) is 23.6 Å². The molecule has 0 spiro atoms. The minimum absolute atomic E-state index is 0.318. The highest BCUT2D eigenvalue weighted by Gasteiger charge is 2.07. The van der Waals surface area contributed by atoms with Crippen molar-refractivity contribution >= 4 is 40.5 Å². The Bertz CT molecular complexity index is 473. The van der Waals surface area contributed by atoms with Crippen LogP contribution in [-0.2, 0) is 0 Å². The lowest BCUT2D eigenvalue weighted by molar-refractivity contribution is 0.225. The van der Waals surface area contributed by atoms with Crippen LogP contribution in [0, 0.1) is 0 Å². The maximum Gasteiger partial charge on any atom is 0.0728 e. The summed E-state index contributed by atoms with van der Waals surface area (Å²) < 4.78 is 1.25. The largest absolute Gasteiger partial charge is 0.398 e. The third kappa shape index (κ3) is 4.24. The fourth-order valence-electron chi connectivity index (χ4n) is 1.37. The van der Waals surface area contributed by atoms with E-state index in [0.717, 1.165) is 16.3 Å². The lowest BCUT2D eigenvalue weighted by Crippen LogP contribution is -2.12. The third-order valence-electron chi connectivity index (χ3n) is 2.26. The van der Waals surface area contributed by atoms with Gasteiger partial charge in [-0.1, -0.05) is 18.2 Å². The number of hydrogen-bond donors (Lipinski definition) is 2. The monoisotopic (exact) mass is 297 g/mol. The van der Waals surface area contributed by atoms with Crippen LogP contribution in [0.1, 0.15) is 0 Å². The second-order valence-electron chi connectivity index (χ2n) is 3.75. The number of aliphatic hydroxyl groups is 1. The van der Waals surface area contributed by atoms with Crippen LogP contribution in [0.3, 0.4) is 0 Å². The zero-order chi connectivity index (χ0) is 12.8. The Morgan fingerprint density at radius 3 is 2.61 bits per heavy atom. The molecule has 0 aliphatic heterocycles. The average molecular weight is 297 g/mol. The highest BCUT2D eigenvalue weighted by molar-refractivity contribution is 8.01. The summed E-state index contributed by atoms with van der Waals surface area (Å²) in [7, 11) is 0. The molecule has 0 aliphatic rings. The summed E-state index contributed by atoms with van der Waals surface area (Å²) >= 11 is 5.01. The Kier molecular flexibility index (Phi) is 5.44. The first-order chi connectivity index (χ1) is 8.75. The Morgan fingerprint density at radius 1 is 1.11 bits per heavy atom. The molecule has 0 aliphatic carbocycles. The van der Waals surface area contributed by atoms with Gasteiger partial charge in [-0.25, -0.2) is 0 Å². The fourth-order valence-corrected chi connectivity index (χ4v) is 4.16. The molecule has 1 unspecified atom stereocenters. The van der Waals surface area contributed by atoms with Gasteiger partial charge in [0.1, 0.15) is 0 Å². The van der Waals surface area contributed by atoms with E-state index in [1.165, 1.54) is 4.21 Å². The van der Waals surface area contributed by atoms with E-state index in [9.17, 15) is 5.11 Å². The van der Waals surface area contributed by atoms with Crippen LogP contribution in [0.15, 0.2) is 50.9 Å². The van der Waals surface area contributed by atoms with E-state index >= 15 is 0 Å². The summed E-state index contributed by atoms with van der Waals surface area (Å²) in [5.74, 6) is 1.40. The first-order valence-electron chi connectivity index (χ1n) is 5.57. The topological polar surface area (TPSA) is 46.2 Å². The van der Waals surface area contributed by atoms with Gasteiger partial charge >= 0.3 is 0 Å². The summed E-state index contributed by atoms with van der Waals surface area (Å²) in [5.41, 5.74) is 6.63. The van der Waals surface area contributed by atoms with Gasteiger partial charge in [0.05, 0.1) is 10.3 Å². The quantitative estimate of drug-likeness (QED) is 0.632. The number of thioether (sulfide) groups is 2. The molecule has 1 heterocycles. The van der Waals surface area contributed by atoms with Crippen molar-refractivity contribution in [2.45, 2.75) is 15.2 Å². The van der Waals surface area contributed by atoms with E-state index in [1.54, 1.807) is 34.9 Å². The number of thiophene rings is 1. The lowest BCUT2D eigenvalue weighted by atomic mass is 10.3. The first kappa shape index (κ1) is 13.8. The van der Waals surface area contributed by atoms with Gasteiger partial charge in [0.25, 0.3) is 0 Å².